The Labute approximate surface area is 119 Å². The Morgan fingerprint density at radius 3 is 2.76 bits per heavy atom. The zero-order valence-electron chi connectivity index (χ0n) is 10.7. The van der Waals surface area contributed by atoms with Gasteiger partial charge in [0, 0.05) is 11.8 Å². The van der Waals surface area contributed by atoms with Gasteiger partial charge in [0.25, 0.3) is 0 Å². The van der Waals surface area contributed by atoms with E-state index < -0.39 is 5.97 Å². The van der Waals surface area contributed by atoms with Gasteiger partial charge in [0.2, 0.25) is 0 Å². The van der Waals surface area contributed by atoms with Crippen molar-refractivity contribution >= 4 is 11.5 Å². The topological polar surface area (TPSA) is 98.6 Å². The summed E-state index contributed by atoms with van der Waals surface area (Å²) < 4.78 is 1.58. The molecule has 2 aromatic heterocycles. The van der Waals surface area contributed by atoms with E-state index in [1.54, 1.807) is 35.0 Å². The number of aromatic nitrogens is 2. The second-order valence-corrected chi connectivity index (χ2v) is 4.41. The summed E-state index contributed by atoms with van der Waals surface area (Å²) in [7, 11) is 0. The molecule has 0 aliphatic rings. The van der Waals surface area contributed by atoms with Gasteiger partial charge in [-0.05, 0) is 30.3 Å². The van der Waals surface area contributed by atoms with E-state index in [-0.39, 0.29) is 11.3 Å². The summed E-state index contributed by atoms with van der Waals surface area (Å²) in [5.41, 5.74) is 2.12. The van der Waals surface area contributed by atoms with E-state index in [2.05, 4.69) is 11.2 Å². The van der Waals surface area contributed by atoms with E-state index in [0.717, 1.165) is 0 Å². The number of hydrogen-bond acceptors (Lipinski definition) is 4. The van der Waals surface area contributed by atoms with Crippen molar-refractivity contribution in [1.82, 2.24) is 9.61 Å². The lowest BCUT2D eigenvalue weighted by Crippen LogP contribution is -1.97. The lowest BCUT2D eigenvalue weighted by molar-refractivity contribution is 0.0694. The standard InChI is InChI=1S/C15H9N3O3/c16-8-10-6-13(18-12(10)2-1-5-17-18)9-3-4-11(15(20)21)14(19)7-9/h1-7,19H,(H,20,21). The van der Waals surface area contributed by atoms with Crippen LogP contribution in [0.25, 0.3) is 16.8 Å². The van der Waals surface area contributed by atoms with Gasteiger partial charge in [-0.2, -0.15) is 10.4 Å². The Morgan fingerprint density at radius 1 is 1.29 bits per heavy atom. The van der Waals surface area contributed by atoms with Crippen molar-refractivity contribution in [2.45, 2.75) is 0 Å². The average molecular weight is 279 g/mol. The van der Waals surface area contributed by atoms with Gasteiger partial charge in [-0.1, -0.05) is 6.07 Å². The van der Waals surface area contributed by atoms with Crippen molar-refractivity contribution in [1.29, 1.82) is 5.26 Å². The van der Waals surface area contributed by atoms with Gasteiger partial charge < -0.3 is 10.2 Å². The molecule has 6 nitrogen and oxygen atoms in total. The first-order chi connectivity index (χ1) is 10.1. The van der Waals surface area contributed by atoms with Crippen molar-refractivity contribution in [2.24, 2.45) is 0 Å². The fraction of sp³-hybridized carbons (Fsp3) is 0. The molecular weight excluding hydrogens is 270 g/mol. The van der Waals surface area contributed by atoms with Gasteiger partial charge in [-0.15, -0.1) is 0 Å². The normalized spacial score (nSPS) is 10.4. The van der Waals surface area contributed by atoms with Crippen LogP contribution in [0.1, 0.15) is 15.9 Å². The molecule has 6 heteroatoms. The van der Waals surface area contributed by atoms with E-state index in [4.69, 9.17) is 10.4 Å². The third-order valence-corrected chi connectivity index (χ3v) is 3.18. The molecule has 0 saturated carbocycles. The predicted molar refractivity (Wildman–Crippen MR) is 74.0 cm³/mol. The fourth-order valence-electron chi connectivity index (χ4n) is 2.21. The first-order valence-electron chi connectivity index (χ1n) is 6.05. The largest absolute Gasteiger partial charge is 0.507 e. The number of carboxylic acid groups (broad SMARTS) is 1. The van der Waals surface area contributed by atoms with Crippen LogP contribution < -0.4 is 0 Å². The van der Waals surface area contributed by atoms with Crippen LogP contribution in [-0.2, 0) is 0 Å². The molecule has 21 heavy (non-hydrogen) atoms. The highest BCUT2D eigenvalue weighted by atomic mass is 16.4. The molecule has 102 valence electrons. The van der Waals surface area contributed by atoms with Crippen molar-refractivity contribution in [3.8, 4) is 23.1 Å². The van der Waals surface area contributed by atoms with Crippen LogP contribution in [0, 0.1) is 11.3 Å². The fourth-order valence-corrected chi connectivity index (χ4v) is 2.21. The quantitative estimate of drug-likeness (QED) is 0.749. The van der Waals surface area contributed by atoms with Gasteiger partial charge in [-0.25, -0.2) is 9.31 Å². The van der Waals surface area contributed by atoms with Crippen LogP contribution >= 0.6 is 0 Å². The number of carboxylic acids is 1. The summed E-state index contributed by atoms with van der Waals surface area (Å²) in [4.78, 5) is 10.9. The van der Waals surface area contributed by atoms with Crippen molar-refractivity contribution < 1.29 is 15.0 Å². The predicted octanol–water partition coefficient (Wildman–Crippen LogP) is 2.28. The zero-order valence-corrected chi connectivity index (χ0v) is 10.7. The highest BCUT2D eigenvalue weighted by Crippen LogP contribution is 2.29. The van der Waals surface area contributed by atoms with E-state index in [9.17, 15) is 9.90 Å². The summed E-state index contributed by atoms with van der Waals surface area (Å²) in [5, 5.41) is 32.0. The van der Waals surface area contributed by atoms with Crippen LogP contribution in [0.15, 0.2) is 42.6 Å². The zero-order chi connectivity index (χ0) is 15.0. The molecule has 0 aliphatic heterocycles. The number of benzene rings is 1. The maximum absolute atomic E-state index is 10.9. The molecule has 1 aromatic carbocycles. The van der Waals surface area contributed by atoms with E-state index in [0.29, 0.717) is 22.3 Å². The first kappa shape index (κ1) is 12.7. The van der Waals surface area contributed by atoms with Crippen LogP contribution in [0.2, 0.25) is 0 Å². The van der Waals surface area contributed by atoms with Crippen LogP contribution in [0.3, 0.4) is 0 Å². The Kier molecular flexibility index (Phi) is 2.81. The minimum atomic E-state index is -1.20. The second kappa shape index (κ2) is 4.65. The van der Waals surface area contributed by atoms with Crippen LogP contribution in [0.4, 0.5) is 0 Å². The first-order valence-corrected chi connectivity index (χ1v) is 6.05. The summed E-state index contributed by atoms with van der Waals surface area (Å²) in [6, 6.07) is 11.5. The third-order valence-electron chi connectivity index (χ3n) is 3.18. The lowest BCUT2D eigenvalue weighted by atomic mass is 10.1. The van der Waals surface area contributed by atoms with Gasteiger partial charge in [0.15, 0.2) is 0 Å². The highest BCUT2D eigenvalue weighted by Gasteiger charge is 2.14. The lowest BCUT2D eigenvalue weighted by Gasteiger charge is -2.04. The number of aromatic hydroxyl groups is 1. The third kappa shape index (κ3) is 1.97. The van der Waals surface area contributed by atoms with E-state index >= 15 is 0 Å². The Hall–Kier alpha value is -3.33. The minimum Gasteiger partial charge on any atom is -0.507 e. The summed E-state index contributed by atoms with van der Waals surface area (Å²) in [5.74, 6) is -1.53. The van der Waals surface area contributed by atoms with Gasteiger partial charge in [0.1, 0.15) is 17.4 Å². The SMILES string of the molecule is N#Cc1cc(-c2ccc(C(=O)O)c(O)c2)n2ncccc12. The van der Waals surface area contributed by atoms with Crippen LogP contribution in [0.5, 0.6) is 5.75 Å². The minimum absolute atomic E-state index is 0.173. The second-order valence-electron chi connectivity index (χ2n) is 4.41. The molecule has 0 atom stereocenters. The average Bonchev–Trinajstić information content (AvgIpc) is 2.85. The van der Waals surface area contributed by atoms with Gasteiger partial charge in [-0.3, -0.25) is 0 Å². The molecule has 2 N–H and O–H groups in total. The number of fused-ring (bicyclic) bond motifs is 1. The van der Waals surface area contributed by atoms with Crippen molar-refractivity contribution in [3.05, 3.63) is 53.7 Å². The molecule has 0 spiro atoms. The summed E-state index contributed by atoms with van der Waals surface area (Å²) >= 11 is 0. The molecule has 0 saturated heterocycles. The molecule has 0 bridgehead atoms. The molecule has 0 unspecified atom stereocenters. The number of carbonyl (C=O) groups is 1. The molecule has 3 rings (SSSR count). The molecule has 0 amide bonds. The molecule has 0 radical (unpaired) electrons. The monoisotopic (exact) mass is 279 g/mol. The number of phenols is 1. The Bertz CT molecular complexity index is 906. The number of hydrogen-bond donors (Lipinski definition) is 2. The Balaban J connectivity index is 2.24. The Morgan fingerprint density at radius 2 is 2.10 bits per heavy atom. The number of nitriles is 1. The maximum Gasteiger partial charge on any atom is 0.339 e. The molecular formula is C15H9N3O3. The molecule has 0 aliphatic carbocycles. The van der Waals surface area contributed by atoms with Crippen molar-refractivity contribution in [2.75, 3.05) is 0 Å². The molecule has 2 heterocycles. The molecule has 3 aromatic rings. The number of aromatic carboxylic acids is 1. The van der Waals surface area contributed by atoms with Gasteiger partial charge >= 0.3 is 5.97 Å². The number of rotatable bonds is 2. The van der Waals surface area contributed by atoms with Crippen molar-refractivity contribution in [3.63, 3.8) is 0 Å². The summed E-state index contributed by atoms with van der Waals surface area (Å²) in [6.45, 7) is 0. The maximum atomic E-state index is 10.9. The van der Waals surface area contributed by atoms with E-state index in [1.807, 2.05) is 0 Å². The van der Waals surface area contributed by atoms with Crippen LogP contribution in [-0.4, -0.2) is 25.8 Å². The highest BCUT2D eigenvalue weighted by molar-refractivity contribution is 5.91. The smallest absolute Gasteiger partial charge is 0.339 e. The van der Waals surface area contributed by atoms with Gasteiger partial charge in [0.05, 0.1) is 16.8 Å². The van der Waals surface area contributed by atoms with E-state index in [1.165, 1.54) is 12.1 Å². The summed E-state index contributed by atoms with van der Waals surface area (Å²) in [6.07, 6.45) is 1.59. The number of nitrogens with zero attached hydrogens (tertiary/aromatic N) is 3. The molecule has 0 fully saturated rings.